The minimum Gasteiger partial charge on any atom is -0.310 e. The van der Waals surface area contributed by atoms with Crippen LogP contribution in [0.4, 0.5) is 0 Å². The number of hydrogen-bond donors (Lipinski definition) is 0. The average molecular weight is 254 g/mol. The summed E-state index contributed by atoms with van der Waals surface area (Å²) in [5, 5.41) is 0. The van der Waals surface area contributed by atoms with Crippen LogP contribution in [0.1, 0.15) is 5.56 Å². The smallest absolute Gasteiger partial charge is 0.105 e. The Labute approximate surface area is 117 Å². The van der Waals surface area contributed by atoms with Crippen LogP contribution in [-0.2, 0) is 6.54 Å². The summed E-state index contributed by atoms with van der Waals surface area (Å²) in [6, 6.07) is 10.6. The van der Waals surface area contributed by atoms with Crippen molar-refractivity contribution >= 4 is 0 Å². The number of allylic oxidation sites excluding steroid dienone is 2. The number of quaternary nitrogens is 1. The lowest BCUT2D eigenvalue weighted by Gasteiger charge is -2.36. The van der Waals surface area contributed by atoms with E-state index >= 15 is 0 Å². The normalized spacial score (nSPS) is 11.4. The van der Waals surface area contributed by atoms with Gasteiger partial charge in [0.15, 0.2) is 0 Å². The van der Waals surface area contributed by atoms with E-state index in [1.807, 2.05) is 24.3 Å². The molecular formula is C18H24N+. The summed E-state index contributed by atoms with van der Waals surface area (Å²) in [6.07, 6.45) is 9.98. The van der Waals surface area contributed by atoms with Gasteiger partial charge in [0.25, 0.3) is 0 Å². The molecule has 0 radical (unpaired) electrons. The Hall–Kier alpha value is -1.86. The van der Waals surface area contributed by atoms with Crippen molar-refractivity contribution in [2.24, 2.45) is 0 Å². The van der Waals surface area contributed by atoms with Crippen LogP contribution in [0.3, 0.4) is 0 Å². The molecule has 0 amide bonds. The number of hydrogen-bond acceptors (Lipinski definition) is 0. The lowest BCUT2D eigenvalue weighted by molar-refractivity contribution is -0.925. The highest BCUT2D eigenvalue weighted by atomic mass is 15.3. The van der Waals surface area contributed by atoms with E-state index in [1.165, 1.54) is 5.56 Å². The molecule has 0 bridgehead atoms. The molecule has 0 aliphatic carbocycles. The first-order valence-electron chi connectivity index (χ1n) is 6.65. The molecular weight excluding hydrogens is 230 g/mol. The summed E-state index contributed by atoms with van der Waals surface area (Å²) < 4.78 is 0.918. The first-order chi connectivity index (χ1) is 9.26. The zero-order valence-corrected chi connectivity index (χ0v) is 11.7. The molecule has 0 aliphatic heterocycles. The van der Waals surface area contributed by atoms with Crippen molar-refractivity contribution < 1.29 is 4.48 Å². The van der Waals surface area contributed by atoms with Crippen LogP contribution in [0.5, 0.6) is 0 Å². The quantitative estimate of drug-likeness (QED) is 0.353. The highest BCUT2D eigenvalue weighted by Crippen LogP contribution is 2.15. The standard InChI is InChI=1S/C18H24N/c1-4-7-11-16-19(14-5-2,15-6-3)17-18-12-9-8-10-13-18/h4-13H,1-3,14-17H2/q+1. The molecule has 0 N–H and O–H groups in total. The fourth-order valence-electron chi connectivity index (χ4n) is 2.32. The van der Waals surface area contributed by atoms with Gasteiger partial charge in [-0.05, 0) is 18.2 Å². The predicted molar refractivity (Wildman–Crippen MR) is 84.7 cm³/mol. The van der Waals surface area contributed by atoms with E-state index in [0.29, 0.717) is 0 Å². The summed E-state index contributed by atoms with van der Waals surface area (Å²) in [6.45, 7) is 15.3. The molecule has 0 unspecified atom stereocenters. The van der Waals surface area contributed by atoms with E-state index in [1.54, 1.807) is 0 Å². The molecule has 1 aromatic rings. The molecule has 1 rings (SSSR count). The zero-order valence-electron chi connectivity index (χ0n) is 11.7. The minimum atomic E-state index is 0.918. The maximum absolute atomic E-state index is 3.90. The first-order valence-corrected chi connectivity index (χ1v) is 6.65. The van der Waals surface area contributed by atoms with E-state index in [4.69, 9.17) is 0 Å². The summed E-state index contributed by atoms with van der Waals surface area (Å²) in [7, 11) is 0. The van der Waals surface area contributed by atoms with E-state index < -0.39 is 0 Å². The topological polar surface area (TPSA) is 0 Å². The van der Waals surface area contributed by atoms with Gasteiger partial charge in [-0.25, -0.2) is 0 Å². The largest absolute Gasteiger partial charge is 0.310 e. The molecule has 0 saturated heterocycles. The van der Waals surface area contributed by atoms with Crippen LogP contribution in [0.25, 0.3) is 0 Å². The molecule has 0 aromatic heterocycles. The Bertz CT molecular complexity index is 418. The maximum atomic E-state index is 3.90. The van der Waals surface area contributed by atoms with E-state index in [2.05, 4.69) is 56.1 Å². The molecule has 1 nitrogen and oxygen atoms in total. The van der Waals surface area contributed by atoms with Gasteiger partial charge in [0.2, 0.25) is 0 Å². The molecule has 0 aliphatic rings. The number of nitrogens with zero attached hydrogens (tertiary/aromatic N) is 1. The number of rotatable bonds is 9. The monoisotopic (exact) mass is 254 g/mol. The van der Waals surface area contributed by atoms with Crippen molar-refractivity contribution in [2.45, 2.75) is 6.54 Å². The van der Waals surface area contributed by atoms with Gasteiger partial charge in [0, 0.05) is 5.56 Å². The second kappa shape index (κ2) is 8.28. The third-order valence-corrected chi connectivity index (χ3v) is 3.16. The van der Waals surface area contributed by atoms with Crippen LogP contribution in [0.15, 0.2) is 80.4 Å². The van der Waals surface area contributed by atoms with Crippen molar-refractivity contribution in [1.82, 2.24) is 0 Å². The lowest BCUT2D eigenvalue weighted by atomic mass is 10.1. The van der Waals surface area contributed by atoms with Crippen molar-refractivity contribution in [3.63, 3.8) is 0 Å². The third-order valence-electron chi connectivity index (χ3n) is 3.16. The summed E-state index contributed by atoms with van der Waals surface area (Å²) in [5.41, 5.74) is 1.35. The van der Waals surface area contributed by atoms with Gasteiger partial charge in [0.05, 0.1) is 19.6 Å². The van der Waals surface area contributed by atoms with E-state index in [9.17, 15) is 0 Å². The maximum Gasteiger partial charge on any atom is 0.105 e. The van der Waals surface area contributed by atoms with E-state index in [-0.39, 0.29) is 0 Å². The van der Waals surface area contributed by atoms with Gasteiger partial charge in [-0.2, -0.15) is 0 Å². The van der Waals surface area contributed by atoms with Crippen molar-refractivity contribution in [3.05, 3.63) is 86.0 Å². The molecule has 0 atom stereocenters. The number of benzene rings is 1. The SMILES string of the molecule is C=CC=CC[N+](CC=C)(CC=C)Cc1ccccc1. The molecule has 19 heavy (non-hydrogen) atoms. The molecule has 0 spiro atoms. The van der Waals surface area contributed by atoms with Crippen molar-refractivity contribution in [1.29, 1.82) is 0 Å². The zero-order chi connectivity index (χ0) is 14.0. The van der Waals surface area contributed by atoms with Gasteiger partial charge >= 0.3 is 0 Å². The summed E-state index contributed by atoms with van der Waals surface area (Å²) in [4.78, 5) is 0. The predicted octanol–water partition coefficient (Wildman–Crippen LogP) is 4.12. The van der Waals surface area contributed by atoms with Gasteiger partial charge in [0.1, 0.15) is 6.54 Å². The first kappa shape index (κ1) is 15.2. The van der Waals surface area contributed by atoms with Gasteiger partial charge in [-0.1, -0.05) is 62.2 Å². The van der Waals surface area contributed by atoms with Crippen molar-refractivity contribution in [2.75, 3.05) is 19.6 Å². The minimum absolute atomic E-state index is 0.918. The van der Waals surface area contributed by atoms with E-state index in [0.717, 1.165) is 30.7 Å². The highest BCUT2D eigenvalue weighted by molar-refractivity contribution is 5.13. The molecule has 1 heteroatoms. The molecule has 0 heterocycles. The Morgan fingerprint density at radius 2 is 1.53 bits per heavy atom. The Morgan fingerprint density at radius 1 is 0.895 bits per heavy atom. The van der Waals surface area contributed by atoms with Crippen molar-refractivity contribution in [3.8, 4) is 0 Å². The van der Waals surface area contributed by atoms with Crippen LogP contribution < -0.4 is 0 Å². The molecule has 0 fully saturated rings. The molecule has 0 saturated carbocycles. The molecule has 100 valence electrons. The lowest BCUT2D eigenvalue weighted by Crippen LogP contribution is -2.47. The van der Waals surface area contributed by atoms with Crippen LogP contribution in [0.2, 0.25) is 0 Å². The summed E-state index contributed by atoms with van der Waals surface area (Å²) in [5.74, 6) is 0. The summed E-state index contributed by atoms with van der Waals surface area (Å²) >= 11 is 0. The second-order valence-corrected chi connectivity index (χ2v) is 4.77. The highest BCUT2D eigenvalue weighted by Gasteiger charge is 2.23. The Morgan fingerprint density at radius 3 is 2.05 bits per heavy atom. The Balaban J connectivity index is 2.93. The Kier molecular flexibility index (Phi) is 6.62. The van der Waals surface area contributed by atoms with Gasteiger partial charge < -0.3 is 4.48 Å². The third kappa shape index (κ3) is 5.11. The van der Waals surface area contributed by atoms with Crippen LogP contribution >= 0.6 is 0 Å². The fourth-order valence-corrected chi connectivity index (χ4v) is 2.32. The second-order valence-electron chi connectivity index (χ2n) is 4.77. The van der Waals surface area contributed by atoms with Gasteiger partial charge in [-0.15, -0.1) is 0 Å². The van der Waals surface area contributed by atoms with Crippen LogP contribution in [-0.4, -0.2) is 24.1 Å². The fraction of sp³-hybridized carbons (Fsp3) is 0.222. The van der Waals surface area contributed by atoms with Crippen LogP contribution in [0, 0.1) is 0 Å². The molecule has 1 aromatic carbocycles. The average Bonchev–Trinajstić information content (AvgIpc) is 2.41. The van der Waals surface area contributed by atoms with Gasteiger partial charge in [-0.3, -0.25) is 0 Å².